The predicted octanol–water partition coefficient (Wildman–Crippen LogP) is 4.14. The van der Waals surface area contributed by atoms with E-state index in [4.69, 9.17) is 14.7 Å². The van der Waals surface area contributed by atoms with Crippen LogP contribution in [0, 0.1) is 5.92 Å². The molecule has 1 aromatic heterocycles. The van der Waals surface area contributed by atoms with Crippen LogP contribution < -0.4 is 5.32 Å². The first kappa shape index (κ1) is 21.8. The average molecular weight is 415 g/mol. The maximum atomic E-state index is 5.47. The number of rotatable bonds is 9. The standard InChI is InChI=1S/C23H34N4OS/c1-3-24-23(27(2)14-11-20-12-15-28-16-13-20)25-17-21-18-29-22(26-21)10-9-19-7-5-4-6-8-19/h4-8,18,20H,3,9-17H2,1-2H3,(H,24,25). The Balaban J connectivity index is 1.49. The average Bonchev–Trinajstić information content (AvgIpc) is 3.23. The van der Waals surface area contributed by atoms with Crippen molar-refractivity contribution >= 4 is 17.3 Å². The predicted molar refractivity (Wildman–Crippen MR) is 122 cm³/mol. The molecule has 0 radical (unpaired) electrons. The van der Waals surface area contributed by atoms with E-state index in [-0.39, 0.29) is 0 Å². The Kier molecular flexibility index (Phi) is 8.96. The lowest BCUT2D eigenvalue weighted by atomic mass is 9.96. The highest BCUT2D eigenvalue weighted by Crippen LogP contribution is 2.18. The summed E-state index contributed by atoms with van der Waals surface area (Å²) in [6, 6.07) is 10.6. The van der Waals surface area contributed by atoms with Crippen LogP contribution in [-0.4, -0.2) is 49.2 Å². The Morgan fingerprint density at radius 3 is 2.79 bits per heavy atom. The lowest BCUT2D eigenvalue weighted by Gasteiger charge is -2.26. The van der Waals surface area contributed by atoms with Crippen molar-refractivity contribution < 1.29 is 4.74 Å². The molecule has 1 saturated heterocycles. The molecule has 0 unspecified atom stereocenters. The zero-order valence-electron chi connectivity index (χ0n) is 17.8. The molecule has 0 saturated carbocycles. The van der Waals surface area contributed by atoms with Crippen LogP contribution in [0.4, 0.5) is 0 Å². The molecule has 0 aliphatic carbocycles. The van der Waals surface area contributed by atoms with Crippen molar-refractivity contribution in [1.29, 1.82) is 0 Å². The molecule has 1 aliphatic rings. The molecular formula is C23H34N4OS. The Morgan fingerprint density at radius 2 is 2.03 bits per heavy atom. The first-order valence-corrected chi connectivity index (χ1v) is 11.7. The summed E-state index contributed by atoms with van der Waals surface area (Å²) in [4.78, 5) is 11.9. The topological polar surface area (TPSA) is 49.8 Å². The molecule has 29 heavy (non-hydrogen) atoms. The fraction of sp³-hybridized carbons (Fsp3) is 0.565. The molecule has 1 aromatic carbocycles. The first-order valence-electron chi connectivity index (χ1n) is 10.8. The molecule has 2 heterocycles. The van der Waals surface area contributed by atoms with Crippen molar-refractivity contribution in [3.8, 4) is 0 Å². The van der Waals surface area contributed by atoms with Gasteiger partial charge >= 0.3 is 0 Å². The van der Waals surface area contributed by atoms with E-state index in [1.165, 1.54) is 29.8 Å². The highest BCUT2D eigenvalue weighted by atomic mass is 32.1. The highest BCUT2D eigenvalue weighted by Gasteiger charge is 2.15. The van der Waals surface area contributed by atoms with Crippen LogP contribution in [0.25, 0.3) is 0 Å². The summed E-state index contributed by atoms with van der Waals surface area (Å²) >= 11 is 1.75. The minimum Gasteiger partial charge on any atom is -0.381 e. The van der Waals surface area contributed by atoms with E-state index in [0.717, 1.165) is 56.7 Å². The fourth-order valence-electron chi connectivity index (χ4n) is 3.58. The molecule has 3 rings (SSSR count). The van der Waals surface area contributed by atoms with E-state index in [0.29, 0.717) is 6.54 Å². The molecule has 1 fully saturated rings. The number of hydrogen-bond acceptors (Lipinski definition) is 4. The second-order valence-electron chi connectivity index (χ2n) is 7.65. The number of aromatic nitrogens is 1. The molecule has 0 spiro atoms. The normalized spacial score (nSPS) is 15.4. The van der Waals surface area contributed by atoms with Crippen LogP contribution in [0.2, 0.25) is 0 Å². The van der Waals surface area contributed by atoms with Crippen molar-refractivity contribution in [3.05, 3.63) is 52.0 Å². The van der Waals surface area contributed by atoms with Gasteiger partial charge in [0.05, 0.1) is 17.2 Å². The van der Waals surface area contributed by atoms with Crippen LogP contribution in [0.1, 0.15) is 42.5 Å². The third-order valence-corrected chi connectivity index (χ3v) is 6.33. The summed E-state index contributed by atoms with van der Waals surface area (Å²) in [5.41, 5.74) is 2.43. The molecule has 0 amide bonds. The summed E-state index contributed by atoms with van der Waals surface area (Å²) in [5.74, 6) is 1.75. The number of hydrogen-bond donors (Lipinski definition) is 1. The van der Waals surface area contributed by atoms with Gasteiger partial charge in [0.2, 0.25) is 0 Å². The number of benzene rings is 1. The number of guanidine groups is 1. The van der Waals surface area contributed by atoms with Crippen LogP contribution in [0.3, 0.4) is 0 Å². The number of aryl methyl sites for hydroxylation is 2. The summed E-state index contributed by atoms with van der Waals surface area (Å²) < 4.78 is 5.47. The van der Waals surface area contributed by atoms with E-state index >= 15 is 0 Å². The lowest BCUT2D eigenvalue weighted by molar-refractivity contribution is 0.0625. The van der Waals surface area contributed by atoms with Crippen LogP contribution >= 0.6 is 11.3 Å². The fourth-order valence-corrected chi connectivity index (χ4v) is 4.36. The summed E-state index contributed by atoms with van der Waals surface area (Å²) in [7, 11) is 2.13. The Labute approximate surface area is 179 Å². The Bertz CT molecular complexity index is 740. The number of ether oxygens (including phenoxy) is 1. The molecule has 1 aliphatic heterocycles. The van der Waals surface area contributed by atoms with E-state index in [2.05, 4.69) is 59.9 Å². The van der Waals surface area contributed by atoms with Crippen molar-refractivity contribution in [3.63, 3.8) is 0 Å². The zero-order chi connectivity index (χ0) is 20.3. The molecule has 6 heteroatoms. The quantitative estimate of drug-likeness (QED) is 0.495. The third kappa shape index (κ3) is 7.44. The molecular weight excluding hydrogens is 380 g/mol. The van der Waals surface area contributed by atoms with Gasteiger partial charge in [-0.2, -0.15) is 0 Å². The van der Waals surface area contributed by atoms with E-state index < -0.39 is 0 Å². The second kappa shape index (κ2) is 11.9. The van der Waals surface area contributed by atoms with Crippen molar-refractivity contribution in [2.75, 3.05) is 33.4 Å². The van der Waals surface area contributed by atoms with E-state index in [1.807, 2.05) is 0 Å². The summed E-state index contributed by atoms with van der Waals surface area (Å²) in [6.07, 6.45) is 5.60. The van der Waals surface area contributed by atoms with Gasteiger partial charge in [0.15, 0.2) is 5.96 Å². The van der Waals surface area contributed by atoms with E-state index in [9.17, 15) is 0 Å². The van der Waals surface area contributed by atoms with Crippen molar-refractivity contribution in [2.24, 2.45) is 10.9 Å². The van der Waals surface area contributed by atoms with E-state index in [1.54, 1.807) is 11.3 Å². The molecule has 0 bridgehead atoms. The van der Waals surface area contributed by atoms with Gasteiger partial charge < -0.3 is 15.0 Å². The number of thiazole rings is 1. The molecule has 2 aromatic rings. The maximum absolute atomic E-state index is 5.47. The van der Waals surface area contributed by atoms with Gasteiger partial charge in [0.1, 0.15) is 0 Å². The van der Waals surface area contributed by atoms with Gasteiger partial charge in [0, 0.05) is 45.2 Å². The minimum atomic E-state index is 0.631. The third-order valence-electron chi connectivity index (χ3n) is 5.37. The van der Waals surface area contributed by atoms with Crippen LogP contribution in [0.5, 0.6) is 0 Å². The summed E-state index contributed by atoms with van der Waals surface area (Å²) in [6.45, 7) is 6.48. The van der Waals surface area contributed by atoms with Gasteiger partial charge in [-0.05, 0) is 44.1 Å². The van der Waals surface area contributed by atoms with Crippen LogP contribution in [-0.2, 0) is 24.1 Å². The van der Waals surface area contributed by atoms with Gasteiger partial charge in [0.25, 0.3) is 0 Å². The second-order valence-corrected chi connectivity index (χ2v) is 8.60. The van der Waals surface area contributed by atoms with Gasteiger partial charge in [-0.1, -0.05) is 30.3 Å². The number of nitrogens with zero attached hydrogens (tertiary/aromatic N) is 3. The minimum absolute atomic E-state index is 0.631. The Hall–Kier alpha value is -1.92. The molecule has 158 valence electrons. The SMILES string of the molecule is CCNC(=NCc1csc(CCc2ccccc2)n1)N(C)CCC1CCOCC1. The largest absolute Gasteiger partial charge is 0.381 e. The maximum Gasteiger partial charge on any atom is 0.194 e. The van der Waals surface area contributed by atoms with Crippen molar-refractivity contribution in [2.45, 2.75) is 45.6 Å². The monoisotopic (exact) mass is 414 g/mol. The van der Waals surface area contributed by atoms with Crippen LogP contribution in [0.15, 0.2) is 40.7 Å². The number of aliphatic imine (C=N–C) groups is 1. The Morgan fingerprint density at radius 1 is 1.24 bits per heavy atom. The zero-order valence-corrected chi connectivity index (χ0v) is 18.6. The molecule has 5 nitrogen and oxygen atoms in total. The highest BCUT2D eigenvalue weighted by molar-refractivity contribution is 7.09. The molecule has 1 N–H and O–H groups in total. The summed E-state index contributed by atoms with van der Waals surface area (Å²) in [5, 5.41) is 6.76. The van der Waals surface area contributed by atoms with Gasteiger partial charge in [-0.15, -0.1) is 11.3 Å². The number of nitrogens with one attached hydrogen (secondary N) is 1. The first-order chi connectivity index (χ1) is 14.2. The smallest absolute Gasteiger partial charge is 0.194 e. The molecule has 0 atom stereocenters. The van der Waals surface area contributed by atoms with Gasteiger partial charge in [-0.3, -0.25) is 0 Å². The van der Waals surface area contributed by atoms with Crippen molar-refractivity contribution in [1.82, 2.24) is 15.2 Å². The lowest BCUT2D eigenvalue weighted by Crippen LogP contribution is -2.40. The van der Waals surface area contributed by atoms with Gasteiger partial charge in [-0.25, -0.2) is 9.98 Å².